The molecule has 4 rings (SSSR count). The molecule has 0 aliphatic heterocycles. The molecule has 0 radical (unpaired) electrons. The summed E-state index contributed by atoms with van der Waals surface area (Å²) in [6, 6.07) is 9.37. The summed E-state index contributed by atoms with van der Waals surface area (Å²) in [5.74, 6) is -0.145. The van der Waals surface area contributed by atoms with Gasteiger partial charge in [0, 0.05) is 11.3 Å². The van der Waals surface area contributed by atoms with Crippen LogP contribution in [0.5, 0.6) is 0 Å². The molecule has 1 amide bonds. The Labute approximate surface area is 161 Å². The maximum absolute atomic E-state index is 13.0. The number of amides is 1. The normalized spacial score (nSPS) is 15.4. The molecule has 1 aliphatic rings. The van der Waals surface area contributed by atoms with Gasteiger partial charge in [-0.1, -0.05) is 43.2 Å². The van der Waals surface area contributed by atoms with Gasteiger partial charge in [-0.3, -0.25) is 4.79 Å². The number of nitrogens with zero attached hydrogens (tertiary/aromatic N) is 5. The zero-order valence-electron chi connectivity index (χ0n) is 15.0. The third-order valence-corrected chi connectivity index (χ3v) is 5.91. The lowest BCUT2D eigenvalue weighted by Gasteiger charge is -2.15. The van der Waals surface area contributed by atoms with E-state index in [0.29, 0.717) is 11.6 Å². The van der Waals surface area contributed by atoms with Gasteiger partial charge in [0.25, 0.3) is 5.91 Å². The molecule has 7 nitrogen and oxygen atoms in total. The zero-order chi connectivity index (χ0) is 18.5. The van der Waals surface area contributed by atoms with Gasteiger partial charge in [-0.05, 0) is 41.7 Å². The molecular formula is C19H22N6OS. The van der Waals surface area contributed by atoms with Crippen LogP contribution in [0.2, 0.25) is 0 Å². The number of hydrogen-bond acceptors (Lipinski definition) is 6. The molecule has 1 N–H and O–H groups in total. The average molecular weight is 382 g/mol. The molecule has 3 aromatic rings. The summed E-state index contributed by atoms with van der Waals surface area (Å²) in [7, 11) is 0. The highest BCUT2D eigenvalue weighted by Crippen LogP contribution is 2.29. The SMILES string of the molecule is O=C(Nc1nc2c(s1)CCCCCC2)C(Cc1ccccc1)n1cnnn1. The number of tetrazole rings is 1. The van der Waals surface area contributed by atoms with Gasteiger partial charge in [-0.2, -0.15) is 0 Å². The Morgan fingerprint density at radius 3 is 2.74 bits per heavy atom. The summed E-state index contributed by atoms with van der Waals surface area (Å²) in [5, 5.41) is 15.0. The monoisotopic (exact) mass is 382 g/mol. The van der Waals surface area contributed by atoms with Crippen molar-refractivity contribution in [1.82, 2.24) is 25.2 Å². The van der Waals surface area contributed by atoms with E-state index in [4.69, 9.17) is 0 Å². The summed E-state index contributed by atoms with van der Waals surface area (Å²) in [4.78, 5) is 19.0. The number of aromatic nitrogens is 5. The molecule has 1 aromatic carbocycles. The maximum atomic E-state index is 13.0. The molecule has 0 saturated carbocycles. The first kappa shape index (κ1) is 17.8. The number of fused-ring (bicyclic) bond motifs is 1. The van der Waals surface area contributed by atoms with Crippen molar-refractivity contribution >= 4 is 22.4 Å². The average Bonchev–Trinajstić information content (AvgIpc) is 3.31. The van der Waals surface area contributed by atoms with E-state index in [1.54, 1.807) is 11.3 Å². The van der Waals surface area contributed by atoms with Gasteiger partial charge >= 0.3 is 0 Å². The lowest BCUT2D eigenvalue weighted by atomic mass is 10.0. The van der Waals surface area contributed by atoms with E-state index in [2.05, 4.69) is 25.8 Å². The van der Waals surface area contributed by atoms with Gasteiger partial charge in [0.1, 0.15) is 12.4 Å². The second-order valence-electron chi connectivity index (χ2n) is 6.79. The van der Waals surface area contributed by atoms with E-state index in [1.165, 1.54) is 41.6 Å². The van der Waals surface area contributed by atoms with Gasteiger partial charge in [0.15, 0.2) is 5.13 Å². The third-order valence-electron chi connectivity index (χ3n) is 4.83. The Morgan fingerprint density at radius 1 is 1.15 bits per heavy atom. The number of rotatable bonds is 5. The van der Waals surface area contributed by atoms with E-state index in [9.17, 15) is 4.79 Å². The van der Waals surface area contributed by atoms with Crippen molar-refractivity contribution in [2.45, 2.75) is 51.0 Å². The molecule has 2 aromatic heterocycles. The first-order valence-corrected chi connectivity index (χ1v) is 10.2. The van der Waals surface area contributed by atoms with Crippen LogP contribution in [0.4, 0.5) is 5.13 Å². The molecule has 27 heavy (non-hydrogen) atoms. The lowest BCUT2D eigenvalue weighted by molar-refractivity contribution is -0.119. The van der Waals surface area contributed by atoms with Crippen molar-refractivity contribution < 1.29 is 4.79 Å². The first-order valence-electron chi connectivity index (χ1n) is 9.35. The van der Waals surface area contributed by atoms with Crippen LogP contribution in [0.1, 0.15) is 47.9 Å². The number of thiazole rings is 1. The lowest BCUT2D eigenvalue weighted by Crippen LogP contribution is -2.28. The Hall–Kier alpha value is -2.61. The third kappa shape index (κ3) is 4.39. The van der Waals surface area contributed by atoms with Crippen LogP contribution in [-0.2, 0) is 24.1 Å². The van der Waals surface area contributed by atoms with Gasteiger partial charge in [-0.25, -0.2) is 9.67 Å². The maximum Gasteiger partial charge on any atom is 0.251 e. The highest BCUT2D eigenvalue weighted by atomic mass is 32.1. The van der Waals surface area contributed by atoms with E-state index < -0.39 is 6.04 Å². The Kier molecular flexibility index (Phi) is 5.53. The molecule has 0 bridgehead atoms. The number of anilines is 1. The zero-order valence-corrected chi connectivity index (χ0v) is 15.9. The van der Waals surface area contributed by atoms with E-state index in [0.717, 1.165) is 24.1 Å². The molecule has 1 atom stereocenters. The Balaban J connectivity index is 1.52. The second kappa shape index (κ2) is 8.39. The second-order valence-corrected chi connectivity index (χ2v) is 7.87. The Bertz CT molecular complexity index is 852. The van der Waals surface area contributed by atoms with Crippen LogP contribution in [0, 0.1) is 0 Å². The quantitative estimate of drug-likeness (QED) is 0.732. The summed E-state index contributed by atoms with van der Waals surface area (Å²) in [6.45, 7) is 0. The topological polar surface area (TPSA) is 85.6 Å². The van der Waals surface area contributed by atoms with Crippen molar-refractivity contribution in [1.29, 1.82) is 0 Å². The van der Waals surface area contributed by atoms with Crippen LogP contribution in [0.15, 0.2) is 36.7 Å². The molecular weight excluding hydrogens is 360 g/mol. The fourth-order valence-corrected chi connectivity index (χ4v) is 4.46. The number of carbonyl (C=O) groups is 1. The van der Waals surface area contributed by atoms with Gasteiger partial charge in [0.05, 0.1) is 5.69 Å². The van der Waals surface area contributed by atoms with E-state index in [-0.39, 0.29) is 5.91 Å². The summed E-state index contributed by atoms with van der Waals surface area (Å²) >= 11 is 1.60. The molecule has 2 heterocycles. The highest BCUT2D eigenvalue weighted by Gasteiger charge is 2.24. The molecule has 0 spiro atoms. The predicted molar refractivity (Wildman–Crippen MR) is 104 cm³/mol. The number of aryl methyl sites for hydroxylation is 2. The predicted octanol–water partition coefficient (Wildman–Crippen LogP) is 3.21. The minimum Gasteiger partial charge on any atom is -0.300 e. The molecule has 1 unspecified atom stereocenters. The Morgan fingerprint density at radius 2 is 1.96 bits per heavy atom. The number of hydrogen-bond donors (Lipinski definition) is 1. The van der Waals surface area contributed by atoms with E-state index >= 15 is 0 Å². The van der Waals surface area contributed by atoms with Crippen molar-refractivity contribution in [2.24, 2.45) is 0 Å². The van der Waals surface area contributed by atoms with E-state index in [1.807, 2.05) is 30.3 Å². The van der Waals surface area contributed by atoms with Gasteiger partial charge < -0.3 is 5.32 Å². The standard InChI is InChI=1S/C19H22N6OS/c26-18(22-19-21-15-10-6-1-2-7-11-17(15)27-19)16(25-13-20-23-24-25)12-14-8-4-3-5-9-14/h3-5,8-9,13,16H,1-2,6-7,10-12H2,(H,21,22,26). The van der Waals surface area contributed by atoms with Crippen LogP contribution < -0.4 is 5.32 Å². The molecule has 140 valence electrons. The number of carbonyl (C=O) groups excluding carboxylic acids is 1. The number of nitrogens with one attached hydrogen (secondary N) is 1. The van der Waals surface area contributed by atoms with Crippen molar-refractivity contribution in [2.75, 3.05) is 5.32 Å². The van der Waals surface area contributed by atoms with Crippen LogP contribution >= 0.6 is 11.3 Å². The van der Waals surface area contributed by atoms with Crippen molar-refractivity contribution in [3.8, 4) is 0 Å². The minimum atomic E-state index is -0.520. The molecule has 1 aliphatic carbocycles. The molecule has 0 saturated heterocycles. The molecule has 0 fully saturated rings. The highest BCUT2D eigenvalue weighted by molar-refractivity contribution is 7.15. The van der Waals surface area contributed by atoms with Crippen molar-refractivity contribution in [3.05, 3.63) is 52.8 Å². The summed E-state index contributed by atoms with van der Waals surface area (Å²) in [5.41, 5.74) is 2.21. The largest absolute Gasteiger partial charge is 0.300 e. The van der Waals surface area contributed by atoms with Crippen molar-refractivity contribution in [3.63, 3.8) is 0 Å². The fraction of sp³-hybridized carbons (Fsp3) is 0.421. The summed E-state index contributed by atoms with van der Waals surface area (Å²) < 4.78 is 1.51. The smallest absolute Gasteiger partial charge is 0.251 e. The summed E-state index contributed by atoms with van der Waals surface area (Å²) in [6.07, 6.45) is 8.96. The fourth-order valence-electron chi connectivity index (χ4n) is 3.40. The minimum absolute atomic E-state index is 0.145. The van der Waals surface area contributed by atoms with Gasteiger partial charge in [0.2, 0.25) is 0 Å². The van der Waals surface area contributed by atoms with Crippen LogP contribution in [0.3, 0.4) is 0 Å². The number of benzene rings is 1. The van der Waals surface area contributed by atoms with Crippen LogP contribution in [-0.4, -0.2) is 31.1 Å². The molecule has 8 heteroatoms. The van der Waals surface area contributed by atoms with Crippen LogP contribution in [0.25, 0.3) is 0 Å². The first-order chi connectivity index (χ1) is 13.3. The van der Waals surface area contributed by atoms with Gasteiger partial charge in [-0.15, -0.1) is 16.4 Å².